The molecular weight excluding hydrogens is 285 g/mol. The van der Waals surface area contributed by atoms with Crippen LogP contribution in [-0.2, 0) is 15.7 Å². The maximum absolute atomic E-state index is 12.5. The fourth-order valence-corrected chi connectivity index (χ4v) is 2.31. The van der Waals surface area contributed by atoms with Gasteiger partial charge in [-0.3, -0.25) is 0 Å². The van der Waals surface area contributed by atoms with Crippen LogP contribution in [0.1, 0.15) is 37.7 Å². The zero-order valence-corrected chi connectivity index (χ0v) is 11.5. The van der Waals surface area contributed by atoms with Crippen LogP contribution in [0.5, 0.6) is 5.75 Å². The van der Waals surface area contributed by atoms with Crippen molar-refractivity contribution in [3.8, 4) is 5.75 Å². The van der Waals surface area contributed by atoms with Crippen LogP contribution in [0.25, 0.3) is 0 Å². The predicted octanol–water partition coefficient (Wildman–Crippen LogP) is 3.96. The van der Waals surface area contributed by atoms with E-state index in [0.29, 0.717) is 0 Å². The van der Waals surface area contributed by atoms with Crippen LogP contribution in [0.15, 0.2) is 24.3 Å². The number of carbonyl (C=O) groups excluding carboxylic acids is 1. The van der Waals surface area contributed by atoms with E-state index >= 15 is 0 Å². The second kappa shape index (κ2) is 6.83. The summed E-state index contributed by atoms with van der Waals surface area (Å²) in [6.45, 7) is -0.377. The molecule has 0 unspecified atom stereocenters. The molecule has 116 valence electrons. The van der Waals surface area contributed by atoms with Crippen LogP contribution >= 0.6 is 0 Å². The number of esters is 1. The van der Waals surface area contributed by atoms with Gasteiger partial charge in [0.15, 0.2) is 6.61 Å². The Bertz CT molecular complexity index is 479. The minimum atomic E-state index is -4.43. The fraction of sp³-hybridized carbons (Fsp3) is 0.533. The molecule has 0 radical (unpaired) electrons. The first-order valence-electron chi connectivity index (χ1n) is 6.95. The van der Waals surface area contributed by atoms with E-state index in [-0.39, 0.29) is 18.5 Å². The third-order valence-corrected chi connectivity index (χ3v) is 3.37. The first kappa shape index (κ1) is 15.7. The van der Waals surface area contributed by atoms with Gasteiger partial charge in [-0.25, -0.2) is 4.79 Å². The van der Waals surface area contributed by atoms with Gasteiger partial charge in [-0.05, 0) is 43.9 Å². The molecule has 0 heterocycles. The van der Waals surface area contributed by atoms with Gasteiger partial charge in [0.2, 0.25) is 0 Å². The van der Waals surface area contributed by atoms with Crippen LogP contribution in [0, 0.1) is 0 Å². The normalized spacial score (nSPS) is 16.5. The van der Waals surface area contributed by atoms with Crippen molar-refractivity contribution in [1.29, 1.82) is 0 Å². The molecule has 1 aliphatic carbocycles. The van der Waals surface area contributed by atoms with Crippen molar-refractivity contribution in [2.45, 2.75) is 44.4 Å². The van der Waals surface area contributed by atoms with E-state index in [1.54, 1.807) is 0 Å². The molecule has 0 aliphatic heterocycles. The molecule has 0 spiro atoms. The molecule has 2 rings (SSSR count). The van der Waals surface area contributed by atoms with Crippen molar-refractivity contribution in [3.05, 3.63) is 29.8 Å². The molecule has 1 aliphatic rings. The zero-order chi connectivity index (χ0) is 15.3. The van der Waals surface area contributed by atoms with E-state index in [4.69, 9.17) is 9.47 Å². The van der Waals surface area contributed by atoms with E-state index < -0.39 is 17.7 Å². The summed E-state index contributed by atoms with van der Waals surface area (Å²) in [6, 6.07) is 4.44. The van der Waals surface area contributed by atoms with Gasteiger partial charge in [0.25, 0.3) is 0 Å². The molecule has 0 saturated heterocycles. The van der Waals surface area contributed by atoms with Crippen molar-refractivity contribution in [1.82, 2.24) is 0 Å². The summed E-state index contributed by atoms with van der Waals surface area (Å²) in [7, 11) is 0. The van der Waals surface area contributed by atoms with Crippen molar-refractivity contribution in [2.75, 3.05) is 6.61 Å². The van der Waals surface area contributed by atoms with E-state index in [2.05, 4.69) is 0 Å². The summed E-state index contributed by atoms with van der Waals surface area (Å²) >= 11 is 0. The summed E-state index contributed by atoms with van der Waals surface area (Å²) < 4.78 is 47.9. The Hall–Kier alpha value is -1.72. The van der Waals surface area contributed by atoms with Gasteiger partial charge < -0.3 is 9.47 Å². The Balaban J connectivity index is 1.83. The van der Waals surface area contributed by atoms with Crippen molar-refractivity contribution >= 4 is 5.97 Å². The number of rotatable bonds is 4. The molecule has 0 amide bonds. The predicted molar refractivity (Wildman–Crippen MR) is 69.9 cm³/mol. The SMILES string of the molecule is O=C(COc1cccc(C(F)(F)F)c1)OC1CCCCC1. The molecule has 0 N–H and O–H groups in total. The van der Waals surface area contributed by atoms with Gasteiger partial charge >= 0.3 is 12.1 Å². The van der Waals surface area contributed by atoms with Crippen LogP contribution in [0.3, 0.4) is 0 Å². The summed E-state index contributed by atoms with van der Waals surface area (Å²) in [6.07, 6.45) is 0.386. The van der Waals surface area contributed by atoms with Crippen LogP contribution < -0.4 is 4.74 Å². The lowest BCUT2D eigenvalue weighted by atomic mass is 9.98. The molecule has 0 atom stereocenters. The lowest BCUT2D eigenvalue weighted by Crippen LogP contribution is -2.24. The molecule has 1 aromatic rings. The van der Waals surface area contributed by atoms with Crippen LogP contribution in [-0.4, -0.2) is 18.7 Å². The van der Waals surface area contributed by atoms with Crippen LogP contribution in [0.2, 0.25) is 0 Å². The Labute approximate surface area is 121 Å². The standard InChI is InChI=1S/C15H17F3O3/c16-15(17,18)11-5-4-8-13(9-11)20-10-14(19)21-12-6-2-1-3-7-12/h4-5,8-9,12H,1-3,6-7,10H2. The molecule has 21 heavy (non-hydrogen) atoms. The molecule has 1 fully saturated rings. The number of carbonyl (C=O) groups is 1. The average Bonchev–Trinajstić information content (AvgIpc) is 2.46. The first-order valence-corrected chi connectivity index (χ1v) is 6.95. The number of hydrogen-bond donors (Lipinski definition) is 0. The summed E-state index contributed by atoms with van der Waals surface area (Å²) in [4.78, 5) is 11.6. The van der Waals surface area contributed by atoms with Gasteiger partial charge in [0, 0.05) is 0 Å². The summed E-state index contributed by atoms with van der Waals surface area (Å²) in [5.74, 6) is -0.537. The van der Waals surface area contributed by atoms with Gasteiger partial charge in [-0.1, -0.05) is 12.5 Å². The third kappa shape index (κ3) is 4.95. The highest BCUT2D eigenvalue weighted by atomic mass is 19.4. The number of benzene rings is 1. The van der Waals surface area contributed by atoms with Gasteiger partial charge in [-0.15, -0.1) is 0 Å². The lowest BCUT2D eigenvalue weighted by molar-refractivity contribution is -0.152. The molecule has 0 aromatic heterocycles. The van der Waals surface area contributed by atoms with E-state index in [0.717, 1.165) is 44.2 Å². The molecular formula is C15H17F3O3. The minimum absolute atomic E-state index is 0.00502. The second-order valence-corrected chi connectivity index (χ2v) is 5.06. The highest BCUT2D eigenvalue weighted by molar-refractivity contribution is 5.71. The number of halogens is 3. The molecule has 6 heteroatoms. The summed E-state index contributed by atoms with van der Waals surface area (Å²) in [5.41, 5.74) is -0.805. The first-order chi connectivity index (χ1) is 9.95. The number of alkyl halides is 3. The van der Waals surface area contributed by atoms with E-state index in [9.17, 15) is 18.0 Å². The monoisotopic (exact) mass is 302 g/mol. The smallest absolute Gasteiger partial charge is 0.416 e. The van der Waals surface area contributed by atoms with Crippen molar-refractivity contribution in [2.24, 2.45) is 0 Å². The fourth-order valence-electron chi connectivity index (χ4n) is 2.31. The van der Waals surface area contributed by atoms with Gasteiger partial charge in [0.1, 0.15) is 11.9 Å². The maximum atomic E-state index is 12.5. The zero-order valence-electron chi connectivity index (χ0n) is 11.5. The number of ether oxygens (including phenoxy) is 2. The lowest BCUT2D eigenvalue weighted by Gasteiger charge is -2.21. The third-order valence-electron chi connectivity index (χ3n) is 3.37. The Morgan fingerprint density at radius 1 is 1.19 bits per heavy atom. The largest absolute Gasteiger partial charge is 0.482 e. The summed E-state index contributed by atoms with van der Waals surface area (Å²) in [5, 5.41) is 0. The van der Waals surface area contributed by atoms with Gasteiger partial charge in [-0.2, -0.15) is 13.2 Å². The van der Waals surface area contributed by atoms with Gasteiger partial charge in [0.05, 0.1) is 5.56 Å². The molecule has 3 nitrogen and oxygen atoms in total. The van der Waals surface area contributed by atoms with E-state index in [1.807, 2.05) is 0 Å². The molecule has 1 saturated carbocycles. The van der Waals surface area contributed by atoms with Crippen LogP contribution in [0.4, 0.5) is 13.2 Å². The van der Waals surface area contributed by atoms with Crippen molar-refractivity contribution in [3.63, 3.8) is 0 Å². The highest BCUT2D eigenvalue weighted by Crippen LogP contribution is 2.31. The molecule has 1 aromatic carbocycles. The second-order valence-electron chi connectivity index (χ2n) is 5.06. The Morgan fingerprint density at radius 3 is 2.57 bits per heavy atom. The Kier molecular flexibility index (Phi) is 5.09. The quantitative estimate of drug-likeness (QED) is 0.790. The maximum Gasteiger partial charge on any atom is 0.416 e. The topological polar surface area (TPSA) is 35.5 Å². The minimum Gasteiger partial charge on any atom is -0.482 e. The van der Waals surface area contributed by atoms with E-state index in [1.165, 1.54) is 12.1 Å². The highest BCUT2D eigenvalue weighted by Gasteiger charge is 2.30. The van der Waals surface area contributed by atoms with Crippen molar-refractivity contribution < 1.29 is 27.4 Å². The Morgan fingerprint density at radius 2 is 1.90 bits per heavy atom. The number of hydrogen-bond acceptors (Lipinski definition) is 3. The molecule has 0 bridgehead atoms. The average molecular weight is 302 g/mol.